The maximum Gasteiger partial charge on any atom is 0.322 e. The van der Waals surface area contributed by atoms with Gasteiger partial charge in [0.05, 0.1) is 13.7 Å². The molecule has 0 aromatic rings. The molecule has 0 amide bonds. The van der Waals surface area contributed by atoms with Crippen LogP contribution in [0.3, 0.4) is 0 Å². The largest absolute Gasteiger partial charge is 0.468 e. The number of hydrogen-bond donors (Lipinski definition) is 1. The fourth-order valence-electron chi connectivity index (χ4n) is 1.76. The molecule has 0 spiro atoms. The molecule has 0 saturated heterocycles. The van der Waals surface area contributed by atoms with Gasteiger partial charge in [0.15, 0.2) is 0 Å². The fraction of sp³-hybridized carbons (Fsp3) is 0.929. The van der Waals surface area contributed by atoms with Crippen molar-refractivity contribution < 1.29 is 14.3 Å². The van der Waals surface area contributed by atoms with E-state index in [1.54, 1.807) is 0 Å². The molecule has 1 N–H and O–H groups in total. The number of carbonyl (C=O) groups excluding carboxylic acids is 1. The average molecular weight is 259 g/mol. The standard InChI is InChI=1S/C14H29NO3/c1-6-8-9-12(14(16)17-5)15-13(11(3)4)10-18-7-2/h11-13,15H,6-10H2,1-5H3. The number of ether oxygens (including phenoxy) is 2. The molecule has 0 heterocycles. The molecule has 0 aromatic heterocycles. The third-order valence-electron chi connectivity index (χ3n) is 3.05. The van der Waals surface area contributed by atoms with Crippen molar-refractivity contribution in [1.82, 2.24) is 5.32 Å². The van der Waals surface area contributed by atoms with Crippen molar-refractivity contribution in [3.05, 3.63) is 0 Å². The average Bonchev–Trinajstić information content (AvgIpc) is 2.36. The molecule has 0 saturated carbocycles. The summed E-state index contributed by atoms with van der Waals surface area (Å²) in [6, 6.07) is -0.0336. The normalized spacial score (nSPS) is 14.6. The van der Waals surface area contributed by atoms with Crippen LogP contribution in [0, 0.1) is 5.92 Å². The number of esters is 1. The Morgan fingerprint density at radius 3 is 2.39 bits per heavy atom. The lowest BCUT2D eigenvalue weighted by molar-refractivity contribution is -0.143. The molecule has 0 fully saturated rings. The highest BCUT2D eigenvalue weighted by molar-refractivity contribution is 5.75. The van der Waals surface area contributed by atoms with E-state index < -0.39 is 0 Å². The van der Waals surface area contributed by atoms with Gasteiger partial charge in [-0.05, 0) is 19.3 Å². The van der Waals surface area contributed by atoms with Crippen LogP contribution in [0.15, 0.2) is 0 Å². The first kappa shape index (κ1) is 17.4. The second-order valence-corrected chi connectivity index (χ2v) is 4.89. The number of nitrogens with one attached hydrogen (secondary N) is 1. The van der Waals surface area contributed by atoms with Crippen LogP contribution in [-0.2, 0) is 14.3 Å². The molecule has 0 bridgehead atoms. The van der Waals surface area contributed by atoms with E-state index in [0.29, 0.717) is 19.1 Å². The third-order valence-corrected chi connectivity index (χ3v) is 3.05. The van der Waals surface area contributed by atoms with E-state index in [0.717, 1.165) is 19.3 Å². The maximum absolute atomic E-state index is 11.7. The summed E-state index contributed by atoms with van der Waals surface area (Å²) in [5, 5.41) is 3.37. The van der Waals surface area contributed by atoms with Crippen molar-refractivity contribution in [1.29, 1.82) is 0 Å². The minimum Gasteiger partial charge on any atom is -0.468 e. The van der Waals surface area contributed by atoms with Gasteiger partial charge in [-0.1, -0.05) is 33.6 Å². The Balaban J connectivity index is 4.42. The van der Waals surface area contributed by atoms with Crippen LogP contribution in [0.4, 0.5) is 0 Å². The number of unbranched alkanes of at least 4 members (excludes halogenated alkanes) is 1. The predicted octanol–water partition coefficient (Wildman–Crippen LogP) is 2.37. The van der Waals surface area contributed by atoms with E-state index in [4.69, 9.17) is 9.47 Å². The van der Waals surface area contributed by atoms with Crippen LogP contribution in [-0.4, -0.2) is 38.4 Å². The lowest BCUT2D eigenvalue weighted by Crippen LogP contribution is -2.48. The first-order valence-corrected chi connectivity index (χ1v) is 6.98. The van der Waals surface area contributed by atoms with Crippen molar-refractivity contribution >= 4 is 5.97 Å². The van der Waals surface area contributed by atoms with Gasteiger partial charge in [0.2, 0.25) is 0 Å². The van der Waals surface area contributed by atoms with Crippen molar-refractivity contribution in [3.63, 3.8) is 0 Å². The lowest BCUT2D eigenvalue weighted by Gasteiger charge is -2.27. The van der Waals surface area contributed by atoms with Crippen molar-refractivity contribution in [3.8, 4) is 0 Å². The zero-order chi connectivity index (χ0) is 14.0. The van der Waals surface area contributed by atoms with E-state index in [9.17, 15) is 4.79 Å². The van der Waals surface area contributed by atoms with Gasteiger partial charge in [-0.2, -0.15) is 0 Å². The minimum absolute atomic E-state index is 0.175. The predicted molar refractivity (Wildman–Crippen MR) is 73.6 cm³/mol. The van der Waals surface area contributed by atoms with Crippen LogP contribution in [0.2, 0.25) is 0 Å². The highest BCUT2D eigenvalue weighted by Crippen LogP contribution is 2.09. The van der Waals surface area contributed by atoms with Crippen molar-refractivity contribution in [2.75, 3.05) is 20.3 Å². The van der Waals surface area contributed by atoms with Gasteiger partial charge in [-0.3, -0.25) is 10.1 Å². The lowest BCUT2D eigenvalue weighted by atomic mass is 10.0. The summed E-state index contributed by atoms with van der Waals surface area (Å²) >= 11 is 0. The van der Waals surface area contributed by atoms with Gasteiger partial charge in [-0.25, -0.2) is 0 Å². The highest BCUT2D eigenvalue weighted by atomic mass is 16.5. The molecule has 2 unspecified atom stereocenters. The number of methoxy groups -OCH3 is 1. The summed E-state index contributed by atoms with van der Waals surface area (Å²) in [6.45, 7) is 9.69. The van der Waals surface area contributed by atoms with Gasteiger partial charge in [0.25, 0.3) is 0 Å². The molecule has 0 aliphatic carbocycles. The Labute approximate surface area is 111 Å². The van der Waals surface area contributed by atoms with E-state index in [-0.39, 0.29) is 18.1 Å². The van der Waals surface area contributed by atoms with Crippen LogP contribution in [0.5, 0.6) is 0 Å². The molecule has 0 aromatic carbocycles. The van der Waals surface area contributed by atoms with E-state index in [2.05, 4.69) is 26.1 Å². The Kier molecular flexibility index (Phi) is 9.98. The second kappa shape index (κ2) is 10.3. The van der Waals surface area contributed by atoms with Gasteiger partial charge in [0.1, 0.15) is 6.04 Å². The zero-order valence-corrected chi connectivity index (χ0v) is 12.5. The topological polar surface area (TPSA) is 47.6 Å². The van der Waals surface area contributed by atoms with E-state index in [1.165, 1.54) is 7.11 Å². The molecule has 0 aliphatic rings. The number of rotatable bonds is 10. The van der Waals surface area contributed by atoms with E-state index in [1.807, 2.05) is 6.92 Å². The Hall–Kier alpha value is -0.610. The monoisotopic (exact) mass is 259 g/mol. The van der Waals surface area contributed by atoms with Crippen LogP contribution in [0.25, 0.3) is 0 Å². The number of carbonyl (C=O) groups is 1. The molecule has 0 rings (SSSR count). The van der Waals surface area contributed by atoms with Crippen LogP contribution < -0.4 is 5.32 Å². The summed E-state index contributed by atoms with van der Waals surface area (Å²) in [5.41, 5.74) is 0. The van der Waals surface area contributed by atoms with Gasteiger partial charge in [0, 0.05) is 12.6 Å². The smallest absolute Gasteiger partial charge is 0.322 e. The minimum atomic E-state index is -0.220. The zero-order valence-electron chi connectivity index (χ0n) is 12.5. The fourth-order valence-corrected chi connectivity index (χ4v) is 1.76. The maximum atomic E-state index is 11.7. The molecule has 0 radical (unpaired) electrons. The van der Waals surface area contributed by atoms with E-state index >= 15 is 0 Å². The third kappa shape index (κ3) is 6.97. The summed E-state index contributed by atoms with van der Waals surface area (Å²) < 4.78 is 10.3. The quantitative estimate of drug-likeness (QED) is 0.612. The molecule has 0 aliphatic heterocycles. The Morgan fingerprint density at radius 2 is 1.94 bits per heavy atom. The highest BCUT2D eigenvalue weighted by Gasteiger charge is 2.24. The second-order valence-electron chi connectivity index (χ2n) is 4.89. The van der Waals surface area contributed by atoms with Crippen LogP contribution in [0.1, 0.15) is 47.0 Å². The SMILES string of the molecule is CCCCC(NC(COCC)C(C)C)C(=O)OC. The van der Waals surface area contributed by atoms with Gasteiger partial charge in [-0.15, -0.1) is 0 Å². The first-order valence-electron chi connectivity index (χ1n) is 6.98. The molecule has 108 valence electrons. The van der Waals surface area contributed by atoms with Gasteiger partial charge >= 0.3 is 5.97 Å². The van der Waals surface area contributed by atoms with Crippen molar-refractivity contribution in [2.24, 2.45) is 5.92 Å². The Bertz CT molecular complexity index is 219. The Morgan fingerprint density at radius 1 is 1.28 bits per heavy atom. The molecular formula is C14H29NO3. The van der Waals surface area contributed by atoms with Crippen molar-refractivity contribution in [2.45, 2.75) is 59.0 Å². The van der Waals surface area contributed by atoms with Gasteiger partial charge < -0.3 is 9.47 Å². The molecule has 18 heavy (non-hydrogen) atoms. The molecule has 4 nitrogen and oxygen atoms in total. The number of hydrogen-bond acceptors (Lipinski definition) is 4. The molecule has 2 atom stereocenters. The molecule has 4 heteroatoms. The summed E-state index contributed by atoms with van der Waals surface area (Å²) in [6.07, 6.45) is 2.91. The summed E-state index contributed by atoms with van der Waals surface area (Å²) in [7, 11) is 1.44. The summed E-state index contributed by atoms with van der Waals surface area (Å²) in [5.74, 6) is 0.246. The molecular weight excluding hydrogens is 230 g/mol. The summed E-state index contributed by atoms with van der Waals surface area (Å²) in [4.78, 5) is 11.7. The first-order chi connectivity index (χ1) is 8.56. The van der Waals surface area contributed by atoms with Crippen LogP contribution >= 0.6 is 0 Å².